The lowest BCUT2D eigenvalue weighted by Crippen LogP contribution is -2.61. The molecule has 0 aromatic carbocycles. The van der Waals surface area contributed by atoms with Crippen molar-refractivity contribution in [1.82, 2.24) is 5.32 Å². The topological polar surface area (TPSA) is 49.3 Å². The summed E-state index contributed by atoms with van der Waals surface area (Å²) in [4.78, 5) is 11.6. The van der Waals surface area contributed by atoms with Gasteiger partial charge in [-0.1, -0.05) is 51.1 Å². The van der Waals surface area contributed by atoms with E-state index in [2.05, 4.69) is 61.2 Å². The molecule has 1 amide bonds. The number of nitrogens with zero attached hydrogens (tertiary/aromatic N) is 3. The average Bonchev–Trinajstić information content (AvgIpc) is 2.19. The molecule has 0 bridgehead atoms. The average molecular weight is 459 g/mol. The van der Waals surface area contributed by atoms with Crippen LogP contribution < -0.4 is 5.32 Å². The zero-order valence-corrected chi connectivity index (χ0v) is 18.8. The van der Waals surface area contributed by atoms with Crippen molar-refractivity contribution in [2.75, 3.05) is 75.8 Å². The predicted octanol–water partition coefficient (Wildman–Crippen LogP) is 4.98. The summed E-state index contributed by atoms with van der Waals surface area (Å²) in [5.41, 5.74) is 0.520. The Hall–Kier alpha value is -0.950. The van der Waals surface area contributed by atoms with Gasteiger partial charge in [0.05, 0.1) is 49.3 Å². The molecule has 2 N–H and O–H groups in total. The molecule has 1 unspecified atom stereocenters. The van der Waals surface area contributed by atoms with Gasteiger partial charge in [0.1, 0.15) is 13.1 Å². The van der Waals surface area contributed by atoms with Gasteiger partial charge < -0.3 is 37.2 Å². The van der Waals surface area contributed by atoms with E-state index in [9.17, 15) is 9.90 Å². The third kappa shape index (κ3) is 33.9. The Morgan fingerprint density at radius 2 is 1.16 bits per heavy atom. The Morgan fingerprint density at radius 1 is 0.806 bits per heavy atom. The van der Waals surface area contributed by atoms with Crippen molar-refractivity contribution in [2.24, 2.45) is 0 Å². The highest BCUT2D eigenvalue weighted by Gasteiger charge is 2.31. The number of quaternary nitrogens is 3. The van der Waals surface area contributed by atoms with E-state index in [0.29, 0.717) is 27.8 Å². The van der Waals surface area contributed by atoms with Crippen LogP contribution in [0.5, 0.6) is 0 Å². The van der Waals surface area contributed by atoms with Crippen LogP contribution >= 0.6 is 0 Å². The van der Waals surface area contributed by atoms with Gasteiger partial charge in [-0.3, -0.25) is 13.8 Å². The summed E-state index contributed by atoms with van der Waals surface area (Å²) in [5, 5.41) is 13.2. The van der Waals surface area contributed by atoms with Gasteiger partial charge in [0.15, 0.2) is 12.8 Å². The van der Waals surface area contributed by atoms with Crippen molar-refractivity contribution in [3.63, 3.8) is 0 Å². The van der Waals surface area contributed by atoms with Crippen LogP contribution in [-0.4, -0.2) is 106 Å². The van der Waals surface area contributed by atoms with Gasteiger partial charge in [0.2, 0.25) is 6.67 Å². The van der Waals surface area contributed by atoms with Crippen molar-refractivity contribution in [2.45, 2.75) is 57.6 Å². The molecular formula is C25H70N4O2. The minimum Gasteiger partial charge on any atom is -0.382 e. The quantitative estimate of drug-likeness (QED) is 0.221. The molecule has 0 aliphatic rings. The Labute approximate surface area is 202 Å². The summed E-state index contributed by atoms with van der Waals surface area (Å²) in [6.07, 6.45) is -0.347. The van der Waals surface area contributed by atoms with Crippen molar-refractivity contribution >= 4 is 5.91 Å². The first-order valence-corrected chi connectivity index (χ1v) is 7.70. The SMILES string of the molecule is C.C.C.C.C.C.C=C(C)C(=O)NC[N+](C)(C)C[N+](C)(C)CC(O)C[N+](C)(C)C.[CH3-].[CH3-].[CH3-]. The summed E-state index contributed by atoms with van der Waals surface area (Å²) in [6, 6.07) is 0. The molecule has 31 heavy (non-hydrogen) atoms. The lowest BCUT2D eigenvalue weighted by atomic mass is 10.2. The molecule has 0 rings (SSSR count). The molecule has 0 fully saturated rings. The Morgan fingerprint density at radius 3 is 1.45 bits per heavy atom. The molecular weight excluding hydrogens is 388 g/mol. The maximum absolute atomic E-state index is 11.6. The fourth-order valence-corrected chi connectivity index (χ4v) is 2.84. The van der Waals surface area contributed by atoms with E-state index >= 15 is 0 Å². The van der Waals surface area contributed by atoms with E-state index in [1.165, 1.54) is 0 Å². The van der Waals surface area contributed by atoms with Crippen LogP contribution in [0, 0.1) is 22.3 Å². The number of rotatable bonds is 9. The van der Waals surface area contributed by atoms with Gasteiger partial charge in [0.25, 0.3) is 5.91 Å². The van der Waals surface area contributed by atoms with Crippen LogP contribution in [-0.2, 0) is 4.79 Å². The van der Waals surface area contributed by atoms with Crippen LogP contribution in [0.4, 0.5) is 0 Å². The number of nitrogens with one attached hydrogen (secondary N) is 1. The minimum atomic E-state index is -0.347. The highest BCUT2D eigenvalue weighted by atomic mass is 16.3. The summed E-state index contributed by atoms with van der Waals surface area (Å²) >= 11 is 0. The number of hydrogen-bond donors (Lipinski definition) is 2. The van der Waals surface area contributed by atoms with Crippen LogP contribution in [0.3, 0.4) is 0 Å². The van der Waals surface area contributed by atoms with Crippen molar-refractivity contribution in [1.29, 1.82) is 0 Å². The van der Waals surface area contributed by atoms with E-state index in [-0.39, 0.29) is 78.9 Å². The number of aliphatic hydroxyl groups is 1. The second-order valence-corrected chi connectivity index (χ2v) is 8.77. The Balaban J connectivity index is -0.0000000612. The molecule has 1 atom stereocenters. The normalized spacial score (nSPS) is 10.4. The second-order valence-electron chi connectivity index (χ2n) is 8.77. The van der Waals surface area contributed by atoms with Gasteiger partial charge in [0, 0.05) is 5.57 Å². The summed E-state index contributed by atoms with van der Waals surface area (Å²) in [6.45, 7) is 8.11. The standard InChI is InChI=1S/C16H36N4O2.6CH4.3CH3/c1-14(2)16(22)17-12-20(8,9)13-19(6,7)11-15(21)10-18(3,4)5;;;;;;;;;/h15,21H,1,10-13H2,2-9H3;6*1H4;3*1H3/q+2;;;;;;;3*-1/p+1. The number of carbonyl (C=O) groups excluding carboxylic acids is 1. The lowest BCUT2D eigenvalue weighted by Gasteiger charge is -2.40. The Kier molecular flexibility index (Phi) is 48.2. The maximum atomic E-state index is 11.6. The highest BCUT2D eigenvalue weighted by molar-refractivity contribution is 5.91. The highest BCUT2D eigenvalue weighted by Crippen LogP contribution is 2.08. The first-order chi connectivity index (χ1) is 9.64. The van der Waals surface area contributed by atoms with Crippen LogP contribution in [0.1, 0.15) is 51.5 Å². The number of aliphatic hydroxyl groups excluding tert-OH is 1. The first kappa shape index (κ1) is 63.1. The van der Waals surface area contributed by atoms with Gasteiger partial charge in [-0.15, -0.1) is 0 Å². The maximum Gasteiger partial charge on any atom is 0.250 e. The fraction of sp³-hybridized carbons (Fsp3) is 0.760. The minimum absolute atomic E-state index is 0. The number of amides is 1. The van der Waals surface area contributed by atoms with E-state index in [1.54, 1.807) is 6.92 Å². The van der Waals surface area contributed by atoms with E-state index in [4.69, 9.17) is 0 Å². The third-order valence-corrected chi connectivity index (χ3v) is 3.28. The largest absolute Gasteiger partial charge is 0.382 e. The molecule has 0 heterocycles. The fourth-order valence-electron chi connectivity index (χ4n) is 2.84. The van der Waals surface area contributed by atoms with Gasteiger partial charge in [-0.2, -0.15) is 0 Å². The third-order valence-electron chi connectivity index (χ3n) is 3.28. The first-order valence-electron chi connectivity index (χ1n) is 7.70. The molecule has 6 heteroatoms. The smallest absolute Gasteiger partial charge is 0.250 e. The molecule has 0 aliphatic heterocycles. The van der Waals surface area contributed by atoms with E-state index < -0.39 is 0 Å². The van der Waals surface area contributed by atoms with Gasteiger partial charge >= 0.3 is 0 Å². The molecule has 6 nitrogen and oxygen atoms in total. The molecule has 0 radical (unpaired) electrons. The van der Waals surface area contributed by atoms with E-state index in [0.717, 1.165) is 17.7 Å². The zero-order valence-electron chi connectivity index (χ0n) is 18.8. The Bertz CT molecular complexity index is 401. The van der Waals surface area contributed by atoms with Crippen molar-refractivity contribution in [3.8, 4) is 0 Å². The molecule has 0 saturated carbocycles. The zero-order chi connectivity index (χ0) is 17.8. The van der Waals surface area contributed by atoms with Gasteiger partial charge in [-0.05, 0) is 6.92 Å². The number of hydrogen-bond acceptors (Lipinski definition) is 2. The second kappa shape index (κ2) is 23.7. The molecule has 0 spiro atoms. The van der Waals surface area contributed by atoms with Crippen molar-refractivity contribution < 1.29 is 23.4 Å². The summed E-state index contributed by atoms with van der Waals surface area (Å²) in [5.74, 6) is -0.110. The molecule has 0 aromatic heterocycles. The van der Waals surface area contributed by atoms with Crippen LogP contribution in [0.2, 0.25) is 0 Å². The molecule has 0 aromatic rings. The van der Waals surface area contributed by atoms with Crippen LogP contribution in [0.15, 0.2) is 12.2 Å². The summed E-state index contributed by atoms with van der Waals surface area (Å²) < 4.78 is 2.08. The lowest BCUT2D eigenvalue weighted by molar-refractivity contribution is -1.07. The monoisotopic (exact) mass is 459 g/mol. The number of likely N-dealkylation sites (N-methyl/N-ethyl adjacent to an activating group) is 2. The van der Waals surface area contributed by atoms with E-state index in [1.807, 2.05) is 0 Å². The predicted molar refractivity (Wildman–Crippen MR) is 150 cm³/mol. The molecule has 0 aliphatic carbocycles. The van der Waals surface area contributed by atoms with Gasteiger partial charge in [-0.25, -0.2) is 0 Å². The molecule has 0 saturated heterocycles. The van der Waals surface area contributed by atoms with Crippen LogP contribution in [0.25, 0.3) is 0 Å². The number of carbonyl (C=O) groups is 1. The summed E-state index contributed by atoms with van der Waals surface area (Å²) in [7, 11) is 14.6. The molecule has 202 valence electrons. The van der Waals surface area contributed by atoms with Crippen molar-refractivity contribution in [3.05, 3.63) is 34.4 Å².